The van der Waals surface area contributed by atoms with Gasteiger partial charge in [-0.05, 0) is 25.5 Å². The second-order valence-electron chi connectivity index (χ2n) is 6.91. The first-order chi connectivity index (χ1) is 11.9. The third kappa shape index (κ3) is 3.87. The van der Waals surface area contributed by atoms with Crippen molar-refractivity contribution in [3.05, 3.63) is 18.2 Å². The summed E-state index contributed by atoms with van der Waals surface area (Å²) in [5.41, 5.74) is -0.230. The van der Waals surface area contributed by atoms with E-state index >= 15 is 0 Å². The number of ether oxygens (including phenoxy) is 2. The molecule has 2 aliphatic heterocycles. The number of rotatable bonds is 6. The molecule has 0 bridgehead atoms. The van der Waals surface area contributed by atoms with Crippen LogP contribution in [0.2, 0.25) is 0 Å². The van der Waals surface area contributed by atoms with E-state index in [9.17, 15) is 14.7 Å². The maximum absolute atomic E-state index is 12.4. The highest BCUT2D eigenvalue weighted by atomic mass is 16.7. The first-order valence-electron chi connectivity index (χ1n) is 8.60. The van der Waals surface area contributed by atoms with Gasteiger partial charge in [-0.25, -0.2) is 0 Å². The van der Waals surface area contributed by atoms with Gasteiger partial charge in [0.1, 0.15) is 0 Å². The Morgan fingerprint density at radius 3 is 2.92 bits per heavy atom. The highest BCUT2D eigenvalue weighted by Crippen LogP contribution is 2.37. The minimum atomic E-state index is -0.927. The predicted molar refractivity (Wildman–Crippen MR) is 91.6 cm³/mol. The molecule has 3 rings (SSSR count). The molecule has 1 saturated heterocycles. The number of aliphatic hydroxyl groups is 1. The fourth-order valence-electron chi connectivity index (χ4n) is 3.23. The standard InChI is InChI=1S/C18H24N2O5/c1-3-6-18(2,23)10-19-17(22)12-7-16(21)20(9-12)13-4-5-14-15(8-13)25-11-24-14/h4-5,8,12,23H,3,6-7,9-11H2,1-2H3,(H,19,22). The van der Waals surface area contributed by atoms with Crippen molar-refractivity contribution in [3.8, 4) is 11.5 Å². The van der Waals surface area contributed by atoms with Crippen molar-refractivity contribution in [2.24, 2.45) is 5.92 Å². The van der Waals surface area contributed by atoms with E-state index in [1.807, 2.05) is 6.92 Å². The average molecular weight is 348 g/mol. The molecule has 2 heterocycles. The number of amides is 2. The van der Waals surface area contributed by atoms with Crippen LogP contribution in [-0.2, 0) is 9.59 Å². The summed E-state index contributed by atoms with van der Waals surface area (Å²) in [6.45, 7) is 4.37. The van der Waals surface area contributed by atoms with E-state index in [0.29, 0.717) is 30.2 Å². The zero-order valence-corrected chi connectivity index (χ0v) is 14.6. The van der Waals surface area contributed by atoms with Gasteiger partial charge in [0.15, 0.2) is 11.5 Å². The number of nitrogens with one attached hydrogen (secondary N) is 1. The highest BCUT2D eigenvalue weighted by Gasteiger charge is 2.36. The van der Waals surface area contributed by atoms with Gasteiger partial charge in [-0.15, -0.1) is 0 Å². The smallest absolute Gasteiger partial charge is 0.231 e. The molecule has 7 nitrogen and oxygen atoms in total. The van der Waals surface area contributed by atoms with Crippen molar-refractivity contribution in [2.45, 2.75) is 38.7 Å². The van der Waals surface area contributed by atoms with Gasteiger partial charge in [0.05, 0.1) is 11.5 Å². The minimum Gasteiger partial charge on any atom is -0.454 e. The lowest BCUT2D eigenvalue weighted by Crippen LogP contribution is -2.43. The Balaban J connectivity index is 1.61. The number of carbonyl (C=O) groups is 2. The summed E-state index contributed by atoms with van der Waals surface area (Å²) in [6.07, 6.45) is 1.61. The molecular formula is C18H24N2O5. The van der Waals surface area contributed by atoms with Crippen LogP contribution in [0.15, 0.2) is 18.2 Å². The van der Waals surface area contributed by atoms with Gasteiger partial charge >= 0.3 is 0 Å². The number of hydrogen-bond donors (Lipinski definition) is 2. The Kier molecular flexibility index (Phi) is 4.85. The van der Waals surface area contributed by atoms with Crippen LogP contribution in [0.3, 0.4) is 0 Å². The summed E-state index contributed by atoms with van der Waals surface area (Å²) >= 11 is 0. The topological polar surface area (TPSA) is 88.1 Å². The molecule has 0 spiro atoms. The van der Waals surface area contributed by atoms with Crippen LogP contribution in [0.4, 0.5) is 5.69 Å². The minimum absolute atomic E-state index is 0.0978. The van der Waals surface area contributed by atoms with Crippen LogP contribution < -0.4 is 19.7 Å². The summed E-state index contributed by atoms with van der Waals surface area (Å²) in [7, 11) is 0. The molecule has 7 heteroatoms. The van der Waals surface area contributed by atoms with E-state index < -0.39 is 11.5 Å². The molecule has 0 saturated carbocycles. The van der Waals surface area contributed by atoms with E-state index in [2.05, 4.69) is 5.32 Å². The molecule has 136 valence electrons. The Bertz CT molecular complexity index is 673. The highest BCUT2D eigenvalue weighted by molar-refractivity contribution is 6.00. The van der Waals surface area contributed by atoms with Crippen molar-refractivity contribution in [2.75, 3.05) is 24.8 Å². The van der Waals surface area contributed by atoms with Gasteiger partial charge in [0.25, 0.3) is 0 Å². The molecule has 0 aliphatic carbocycles. The molecule has 1 aromatic carbocycles. The van der Waals surface area contributed by atoms with Crippen molar-refractivity contribution in [1.82, 2.24) is 5.32 Å². The van der Waals surface area contributed by atoms with Gasteiger partial charge in [-0.1, -0.05) is 13.3 Å². The lowest BCUT2D eigenvalue weighted by Gasteiger charge is -2.24. The Hall–Kier alpha value is -2.28. The summed E-state index contributed by atoms with van der Waals surface area (Å²) in [6, 6.07) is 5.31. The quantitative estimate of drug-likeness (QED) is 0.812. The van der Waals surface area contributed by atoms with Gasteiger partial charge in [0.2, 0.25) is 18.6 Å². The van der Waals surface area contributed by atoms with E-state index in [1.165, 1.54) is 0 Å². The van der Waals surface area contributed by atoms with Crippen molar-refractivity contribution in [3.63, 3.8) is 0 Å². The first kappa shape index (κ1) is 17.5. The Morgan fingerprint density at radius 1 is 1.40 bits per heavy atom. The second kappa shape index (κ2) is 6.92. The number of nitrogens with zero attached hydrogens (tertiary/aromatic N) is 1. The van der Waals surface area contributed by atoms with E-state index in [1.54, 1.807) is 30.0 Å². The van der Waals surface area contributed by atoms with Gasteiger partial charge in [-0.3, -0.25) is 9.59 Å². The van der Waals surface area contributed by atoms with Crippen LogP contribution in [0.25, 0.3) is 0 Å². The third-order valence-corrected chi connectivity index (χ3v) is 4.60. The third-order valence-electron chi connectivity index (χ3n) is 4.60. The number of carbonyl (C=O) groups excluding carboxylic acids is 2. The molecular weight excluding hydrogens is 324 g/mol. The van der Waals surface area contributed by atoms with Crippen molar-refractivity contribution >= 4 is 17.5 Å². The monoisotopic (exact) mass is 348 g/mol. The van der Waals surface area contributed by atoms with Crippen LogP contribution in [-0.4, -0.2) is 42.4 Å². The molecule has 2 atom stereocenters. The number of fused-ring (bicyclic) bond motifs is 1. The zero-order chi connectivity index (χ0) is 18.0. The van der Waals surface area contributed by atoms with Crippen LogP contribution >= 0.6 is 0 Å². The molecule has 0 aromatic heterocycles. The Morgan fingerprint density at radius 2 is 2.16 bits per heavy atom. The summed E-state index contributed by atoms with van der Waals surface area (Å²) < 4.78 is 10.6. The molecule has 25 heavy (non-hydrogen) atoms. The van der Waals surface area contributed by atoms with E-state index in [4.69, 9.17) is 9.47 Å². The maximum atomic E-state index is 12.4. The lowest BCUT2D eigenvalue weighted by atomic mass is 10.00. The predicted octanol–water partition coefficient (Wildman–Crippen LogP) is 1.44. The molecule has 2 N–H and O–H groups in total. The molecule has 1 fully saturated rings. The number of anilines is 1. The fourth-order valence-corrected chi connectivity index (χ4v) is 3.23. The Labute approximate surface area is 146 Å². The zero-order valence-electron chi connectivity index (χ0n) is 14.6. The van der Waals surface area contributed by atoms with Crippen molar-refractivity contribution < 1.29 is 24.2 Å². The van der Waals surface area contributed by atoms with E-state index in [0.717, 1.165) is 6.42 Å². The lowest BCUT2D eigenvalue weighted by molar-refractivity contribution is -0.127. The van der Waals surface area contributed by atoms with Crippen LogP contribution in [0.5, 0.6) is 11.5 Å². The average Bonchev–Trinajstić information content (AvgIpc) is 3.18. The molecule has 0 radical (unpaired) electrons. The molecule has 2 unspecified atom stereocenters. The SMILES string of the molecule is CCCC(C)(O)CNC(=O)C1CC(=O)N(c2ccc3c(c2)OCO3)C1. The van der Waals surface area contributed by atoms with Crippen LogP contribution in [0.1, 0.15) is 33.1 Å². The summed E-state index contributed by atoms with van der Waals surface area (Å²) in [4.78, 5) is 26.3. The van der Waals surface area contributed by atoms with Gasteiger partial charge < -0.3 is 24.8 Å². The molecule has 1 aromatic rings. The normalized spacial score (nSPS) is 21.3. The number of benzene rings is 1. The maximum Gasteiger partial charge on any atom is 0.231 e. The summed E-state index contributed by atoms with van der Waals surface area (Å²) in [5.74, 6) is 0.541. The molecule has 2 aliphatic rings. The van der Waals surface area contributed by atoms with Crippen LogP contribution in [0, 0.1) is 5.92 Å². The largest absolute Gasteiger partial charge is 0.454 e. The first-order valence-corrected chi connectivity index (χ1v) is 8.60. The van der Waals surface area contributed by atoms with Crippen molar-refractivity contribution in [1.29, 1.82) is 0 Å². The summed E-state index contributed by atoms with van der Waals surface area (Å²) in [5, 5.41) is 12.9. The number of hydrogen-bond acceptors (Lipinski definition) is 5. The fraction of sp³-hybridized carbons (Fsp3) is 0.556. The van der Waals surface area contributed by atoms with Gasteiger partial charge in [0, 0.05) is 31.3 Å². The van der Waals surface area contributed by atoms with E-state index in [-0.39, 0.29) is 31.6 Å². The second-order valence-corrected chi connectivity index (χ2v) is 6.91. The van der Waals surface area contributed by atoms with Gasteiger partial charge in [-0.2, -0.15) is 0 Å². The molecule has 2 amide bonds.